The fraction of sp³-hybridized carbons (Fsp3) is 0.350. The molecule has 1 aliphatic rings. The van der Waals surface area contributed by atoms with Gasteiger partial charge in [-0.2, -0.15) is 0 Å². The molecule has 2 nitrogen and oxygen atoms in total. The molecule has 2 aromatic rings. The Morgan fingerprint density at radius 3 is 2.61 bits per heavy atom. The Morgan fingerprint density at radius 1 is 1.09 bits per heavy atom. The second-order valence-electron chi connectivity index (χ2n) is 6.03. The largest absolute Gasteiger partial charge is 0.364 e. The van der Waals surface area contributed by atoms with E-state index in [1.54, 1.807) is 0 Å². The van der Waals surface area contributed by atoms with Gasteiger partial charge in [0, 0.05) is 31.0 Å². The van der Waals surface area contributed by atoms with E-state index in [1.165, 1.54) is 16.8 Å². The van der Waals surface area contributed by atoms with Crippen molar-refractivity contribution in [1.29, 1.82) is 0 Å². The van der Waals surface area contributed by atoms with Crippen molar-refractivity contribution in [2.75, 3.05) is 17.3 Å². The first-order valence-electron chi connectivity index (χ1n) is 8.27. The number of carbonyl (C=O) groups is 1. The van der Waals surface area contributed by atoms with Crippen LogP contribution in [0.5, 0.6) is 0 Å². The van der Waals surface area contributed by atoms with Crippen molar-refractivity contribution in [3.05, 3.63) is 65.7 Å². The summed E-state index contributed by atoms with van der Waals surface area (Å²) in [4.78, 5) is 14.7. The van der Waals surface area contributed by atoms with Crippen LogP contribution in [0.4, 0.5) is 5.69 Å². The third kappa shape index (κ3) is 3.76. The van der Waals surface area contributed by atoms with Crippen LogP contribution in [0.15, 0.2) is 54.6 Å². The highest BCUT2D eigenvalue weighted by atomic mass is 35.5. The summed E-state index contributed by atoms with van der Waals surface area (Å²) in [6, 6.07) is 19.1. The number of benzene rings is 2. The van der Waals surface area contributed by atoms with Gasteiger partial charge in [0.15, 0.2) is 0 Å². The molecule has 0 N–H and O–H groups in total. The van der Waals surface area contributed by atoms with Crippen LogP contribution >= 0.6 is 11.6 Å². The molecule has 0 bridgehead atoms. The molecule has 120 valence electrons. The smallest absolute Gasteiger partial charge is 0.135 e. The number of ketones is 1. The zero-order valence-electron chi connectivity index (χ0n) is 13.2. The van der Waals surface area contributed by atoms with E-state index in [-0.39, 0.29) is 6.04 Å². The van der Waals surface area contributed by atoms with E-state index in [0.29, 0.717) is 24.5 Å². The van der Waals surface area contributed by atoms with E-state index >= 15 is 0 Å². The maximum atomic E-state index is 12.4. The summed E-state index contributed by atoms with van der Waals surface area (Å²) in [5.41, 5.74) is 3.86. The quantitative estimate of drug-likeness (QED) is 0.712. The van der Waals surface area contributed by atoms with E-state index in [2.05, 4.69) is 53.4 Å². The van der Waals surface area contributed by atoms with Crippen LogP contribution in [0.2, 0.25) is 0 Å². The van der Waals surface area contributed by atoms with Crippen molar-refractivity contribution in [2.24, 2.45) is 0 Å². The Morgan fingerprint density at radius 2 is 1.83 bits per heavy atom. The number of alkyl halides is 1. The van der Waals surface area contributed by atoms with Crippen LogP contribution < -0.4 is 4.90 Å². The lowest BCUT2D eigenvalue weighted by Crippen LogP contribution is -2.36. The molecule has 0 aromatic heterocycles. The Balaban J connectivity index is 1.89. The normalized spacial score (nSPS) is 16.9. The van der Waals surface area contributed by atoms with Crippen molar-refractivity contribution in [1.82, 2.24) is 0 Å². The van der Waals surface area contributed by atoms with Gasteiger partial charge in [-0.15, -0.1) is 11.6 Å². The molecule has 1 unspecified atom stereocenters. The first kappa shape index (κ1) is 16.1. The van der Waals surface area contributed by atoms with Crippen LogP contribution in [0.25, 0.3) is 0 Å². The van der Waals surface area contributed by atoms with Gasteiger partial charge in [0.2, 0.25) is 0 Å². The molecule has 1 aliphatic heterocycles. The number of nitrogens with zero attached hydrogens (tertiary/aromatic N) is 1. The Labute approximate surface area is 143 Å². The zero-order valence-corrected chi connectivity index (χ0v) is 14.0. The standard InChI is InChI=1S/C20H22ClNO/c21-13-6-10-18(23)15-20-19-11-5-4-7-16(19)12-14-22(20)17-8-2-1-3-9-17/h1-5,7-9,11,20H,6,10,12-15H2. The molecule has 0 spiro atoms. The van der Waals surface area contributed by atoms with Gasteiger partial charge in [-0.1, -0.05) is 42.5 Å². The first-order chi connectivity index (χ1) is 11.3. The van der Waals surface area contributed by atoms with Gasteiger partial charge in [0.05, 0.1) is 6.04 Å². The highest BCUT2D eigenvalue weighted by Crippen LogP contribution is 2.36. The molecular formula is C20H22ClNO. The Kier molecular flexibility index (Phi) is 5.35. The molecule has 0 aliphatic carbocycles. The minimum atomic E-state index is 0.130. The van der Waals surface area contributed by atoms with Crippen molar-refractivity contribution in [2.45, 2.75) is 31.7 Å². The predicted molar refractivity (Wildman–Crippen MR) is 96.3 cm³/mol. The van der Waals surface area contributed by atoms with Gasteiger partial charge in [-0.3, -0.25) is 4.79 Å². The molecule has 1 heterocycles. The van der Waals surface area contributed by atoms with Gasteiger partial charge in [-0.05, 0) is 36.1 Å². The molecule has 3 heteroatoms. The van der Waals surface area contributed by atoms with E-state index in [0.717, 1.165) is 19.4 Å². The summed E-state index contributed by atoms with van der Waals surface area (Å²) in [5.74, 6) is 0.850. The predicted octanol–water partition coefficient (Wildman–Crippen LogP) is 4.77. The second-order valence-corrected chi connectivity index (χ2v) is 6.41. The number of rotatable bonds is 6. The molecule has 0 radical (unpaired) electrons. The summed E-state index contributed by atoms with van der Waals surface area (Å²) < 4.78 is 0. The van der Waals surface area contributed by atoms with Crippen LogP contribution in [-0.4, -0.2) is 18.2 Å². The minimum absolute atomic E-state index is 0.130. The number of hydrogen-bond acceptors (Lipinski definition) is 2. The molecular weight excluding hydrogens is 306 g/mol. The van der Waals surface area contributed by atoms with Gasteiger partial charge in [0.1, 0.15) is 5.78 Å². The van der Waals surface area contributed by atoms with Crippen LogP contribution in [0.1, 0.15) is 36.4 Å². The van der Waals surface area contributed by atoms with Crippen LogP contribution in [0.3, 0.4) is 0 Å². The number of fused-ring (bicyclic) bond motifs is 1. The zero-order chi connectivity index (χ0) is 16.1. The number of carbonyl (C=O) groups excluding carboxylic acids is 1. The lowest BCUT2D eigenvalue weighted by Gasteiger charge is -2.39. The van der Waals surface area contributed by atoms with Gasteiger partial charge < -0.3 is 4.90 Å². The Hall–Kier alpha value is -1.80. The first-order valence-corrected chi connectivity index (χ1v) is 8.80. The maximum Gasteiger partial charge on any atom is 0.135 e. The van der Waals surface area contributed by atoms with E-state index < -0.39 is 0 Å². The number of Topliss-reactive ketones (excluding diaryl/α,β-unsaturated/α-hetero) is 1. The number of anilines is 1. The number of para-hydroxylation sites is 1. The number of halogens is 1. The molecule has 23 heavy (non-hydrogen) atoms. The lowest BCUT2D eigenvalue weighted by atomic mass is 9.88. The molecule has 3 rings (SSSR count). The molecule has 2 aromatic carbocycles. The maximum absolute atomic E-state index is 12.4. The van der Waals surface area contributed by atoms with E-state index in [1.807, 2.05) is 6.07 Å². The summed E-state index contributed by atoms with van der Waals surface area (Å²) in [6.45, 7) is 0.953. The Bertz CT molecular complexity index is 656. The average molecular weight is 328 g/mol. The molecule has 0 amide bonds. The van der Waals surface area contributed by atoms with Crippen LogP contribution in [-0.2, 0) is 11.2 Å². The monoisotopic (exact) mass is 327 g/mol. The van der Waals surface area contributed by atoms with Crippen LogP contribution in [0, 0.1) is 0 Å². The van der Waals surface area contributed by atoms with Crippen molar-refractivity contribution >= 4 is 23.1 Å². The van der Waals surface area contributed by atoms with Gasteiger partial charge in [-0.25, -0.2) is 0 Å². The molecule has 0 saturated carbocycles. The highest BCUT2D eigenvalue weighted by Gasteiger charge is 2.28. The van der Waals surface area contributed by atoms with Crippen molar-refractivity contribution in [3.63, 3.8) is 0 Å². The molecule has 0 saturated heterocycles. The lowest BCUT2D eigenvalue weighted by molar-refractivity contribution is -0.119. The third-order valence-corrected chi connectivity index (χ3v) is 4.78. The SMILES string of the molecule is O=C(CCCCl)CC1c2ccccc2CCN1c1ccccc1. The second kappa shape index (κ2) is 7.65. The van der Waals surface area contributed by atoms with Gasteiger partial charge in [0.25, 0.3) is 0 Å². The fourth-order valence-corrected chi connectivity index (χ4v) is 3.52. The fourth-order valence-electron chi connectivity index (χ4n) is 3.38. The molecule has 1 atom stereocenters. The topological polar surface area (TPSA) is 20.3 Å². The number of hydrogen-bond donors (Lipinski definition) is 0. The van der Waals surface area contributed by atoms with Crippen molar-refractivity contribution < 1.29 is 4.79 Å². The third-order valence-electron chi connectivity index (χ3n) is 4.51. The summed E-state index contributed by atoms with van der Waals surface area (Å²) in [5, 5.41) is 0. The summed E-state index contributed by atoms with van der Waals surface area (Å²) in [7, 11) is 0. The molecule has 0 fully saturated rings. The van der Waals surface area contributed by atoms with E-state index in [9.17, 15) is 4.79 Å². The average Bonchev–Trinajstić information content (AvgIpc) is 2.61. The minimum Gasteiger partial charge on any atom is -0.364 e. The van der Waals surface area contributed by atoms with Gasteiger partial charge >= 0.3 is 0 Å². The van der Waals surface area contributed by atoms with Crippen molar-refractivity contribution in [3.8, 4) is 0 Å². The summed E-state index contributed by atoms with van der Waals surface area (Å²) in [6.07, 6.45) is 2.92. The summed E-state index contributed by atoms with van der Waals surface area (Å²) >= 11 is 5.73. The highest BCUT2D eigenvalue weighted by molar-refractivity contribution is 6.17. The van der Waals surface area contributed by atoms with E-state index in [4.69, 9.17) is 11.6 Å².